The van der Waals surface area contributed by atoms with Crippen molar-refractivity contribution >= 4 is 23.5 Å². The van der Waals surface area contributed by atoms with Crippen molar-refractivity contribution in [3.63, 3.8) is 0 Å². The van der Waals surface area contributed by atoms with E-state index in [2.05, 4.69) is 15.8 Å². The summed E-state index contributed by atoms with van der Waals surface area (Å²) in [5, 5.41) is 7.46. The van der Waals surface area contributed by atoms with Crippen molar-refractivity contribution in [2.45, 2.75) is 38.1 Å². The Labute approximate surface area is 122 Å². The van der Waals surface area contributed by atoms with Gasteiger partial charge in [0.05, 0.1) is 6.21 Å². The first-order valence-electron chi connectivity index (χ1n) is 6.70. The van der Waals surface area contributed by atoms with Gasteiger partial charge in [0.25, 0.3) is 0 Å². The van der Waals surface area contributed by atoms with Gasteiger partial charge in [0, 0.05) is 17.7 Å². The van der Waals surface area contributed by atoms with Crippen LogP contribution in [0.5, 0.6) is 0 Å². The Hall–Kier alpha value is -1.56. The first-order chi connectivity index (χ1) is 9.65. The molecule has 1 fully saturated rings. The van der Waals surface area contributed by atoms with Gasteiger partial charge in [-0.1, -0.05) is 19.3 Å². The summed E-state index contributed by atoms with van der Waals surface area (Å²) in [6, 6.07) is 3.72. The van der Waals surface area contributed by atoms with E-state index in [1.54, 1.807) is 0 Å². The maximum absolute atomic E-state index is 13.3. The molecule has 0 amide bonds. The van der Waals surface area contributed by atoms with Gasteiger partial charge in [-0.05, 0) is 37.2 Å². The summed E-state index contributed by atoms with van der Waals surface area (Å²) in [5.74, 6) is -1.26. The van der Waals surface area contributed by atoms with Crippen molar-refractivity contribution < 1.29 is 8.78 Å². The monoisotopic (exact) mass is 297 g/mol. The van der Waals surface area contributed by atoms with Crippen LogP contribution in [-0.4, -0.2) is 17.4 Å². The fourth-order valence-electron chi connectivity index (χ4n) is 2.23. The molecule has 2 rings (SSSR count). The summed E-state index contributed by atoms with van der Waals surface area (Å²) in [7, 11) is 0. The average molecular weight is 297 g/mol. The molecule has 0 radical (unpaired) electrons. The Balaban J connectivity index is 1.81. The molecular weight excluding hydrogens is 280 g/mol. The van der Waals surface area contributed by atoms with Gasteiger partial charge in [-0.3, -0.25) is 5.43 Å². The smallest absolute Gasteiger partial charge is 0.187 e. The SMILES string of the molecule is Fc1ccc(/C=N/NC(=S)NC2CCCCC2)c(F)c1. The molecule has 1 saturated carbocycles. The van der Waals surface area contributed by atoms with Crippen LogP contribution in [-0.2, 0) is 0 Å². The zero-order valence-electron chi connectivity index (χ0n) is 11.0. The first-order valence-corrected chi connectivity index (χ1v) is 7.10. The molecule has 0 bridgehead atoms. The largest absolute Gasteiger partial charge is 0.359 e. The molecule has 0 saturated heterocycles. The fourth-order valence-corrected chi connectivity index (χ4v) is 2.45. The Morgan fingerprint density at radius 3 is 2.70 bits per heavy atom. The minimum atomic E-state index is -0.651. The van der Waals surface area contributed by atoms with Crippen LogP contribution in [0.3, 0.4) is 0 Å². The highest BCUT2D eigenvalue weighted by molar-refractivity contribution is 7.80. The number of rotatable bonds is 3. The average Bonchev–Trinajstić information content (AvgIpc) is 2.42. The highest BCUT2D eigenvalue weighted by Gasteiger charge is 2.13. The number of hydrogen-bond acceptors (Lipinski definition) is 2. The van der Waals surface area contributed by atoms with Crippen LogP contribution in [0.2, 0.25) is 0 Å². The molecular formula is C14H17F2N3S. The molecule has 1 aromatic carbocycles. The fraction of sp³-hybridized carbons (Fsp3) is 0.429. The number of benzene rings is 1. The standard InChI is InChI=1S/C14H17F2N3S/c15-11-7-6-10(13(16)8-11)9-17-19-14(20)18-12-4-2-1-3-5-12/h6-9,12H,1-5H2,(H2,18,19,20)/b17-9+. The van der Waals surface area contributed by atoms with Gasteiger partial charge < -0.3 is 5.32 Å². The van der Waals surface area contributed by atoms with Gasteiger partial charge in [-0.15, -0.1) is 0 Å². The number of halogens is 2. The Morgan fingerprint density at radius 1 is 1.25 bits per heavy atom. The quantitative estimate of drug-likeness (QED) is 0.511. The van der Waals surface area contributed by atoms with E-state index < -0.39 is 11.6 Å². The summed E-state index contributed by atoms with van der Waals surface area (Å²) in [6.45, 7) is 0. The van der Waals surface area contributed by atoms with E-state index >= 15 is 0 Å². The lowest BCUT2D eigenvalue weighted by Crippen LogP contribution is -2.40. The molecule has 3 nitrogen and oxygen atoms in total. The van der Waals surface area contributed by atoms with Crippen LogP contribution in [0, 0.1) is 11.6 Å². The second-order valence-corrected chi connectivity index (χ2v) is 5.25. The van der Waals surface area contributed by atoms with Crippen molar-refractivity contribution in [3.05, 3.63) is 35.4 Å². The van der Waals surface area contributed by atoms with Crippen LogP contribution in [0.25, 0.3) is 0 Å². The second kappa shape index (κ2) is 7.28. The molecule has 0 spiro atoms. The first kappa shape index (κ1) is 14.8. The molecule has 6 heteroatoms. The zero-order valence-corrected chi connectivity index (χ0v) is 11.9. The Morgan fingerprint density at radius 2 is 2.00 bits per heavy atom. The summed E-state index contributed by atoms with van der Waals surface area (Å²) >= 11 is 5.11. The van der Waals surface area contributed by atoms with Gasteiger partial charge in [0.1, 0.15) is 11.6 Å². The van der Waals surface area contributed by atoms with Crippen LogP contribution >= 0.6 is 12.2 Å². The summed E-state index contributed by atoms with van der Waals surface area (Å²) in [6.07, 6.45) is 7.20. The van der Waals surface area contributed by atoms with Gasteiger partial charge >= 0.3 is 0 Å². The van der Waals surface area contributed by atoms with E-state index in [0.29, 0.717) is 11.2 Å². The highest BCUT2D eigenvalue weighted by atomic mass is 32.1. The van der Waals surface area contributed by atoms with Crippen LogP contribution in [0.4, 0.5) is 8.78 Å². The summed E-state index contributed by atoms with van der Waals surface area (Å²) in [5.41, 5.74) is 2.86. The zero-order chi connectivity index (χ0) is 14.4. The van der Waals surface area contributed by atoms with Crippen molar-refractivity contribution in [1.29, 1.82) is 0 Å². The van der Waals surface area contributed by atoms with Crippen LogP contribution < -0.4 is 10.7 Å². The van der Waals surface area contributed by atoms with E-state index in [4.69, 9.17) is 12.2 Å². The number of thiocarbonyl (C=S) groups is 1. The molecule has 0 aromatic heterocycles. The molecule has 0 heterocycles. The van der Waals surface area contributed by atoms with E-state index in [-0.39, 0.29) is 5.56 Å². The molecule has 0 unspecified atom stereocenters. The maximum Gasteiger partial charge on any atom is 0.187 e. The summed E-state index contributed by atoms with van der Waals surface area (Å²) in [4.78, 5) is 0. The number of hydrogen-bond donors (Lipinski definition) is 2. The van der Waals surface area contributed by atoms with E-state index in [1.165, 1.54) is 37.6 Å². The lowest BCUT2D eigenvalue weighted by atomic mass is 9.96. The minimum Gasteiger partial charge on any atom is -0.359 e. The van der Waals surface area contributed by atoms with Crippen molar-refractivity contribution in [1.82, 2.24) is 10.7 Å². The van der Waals surface area contributed by atoms with Crippen molar-refractivity contribution in [2.75, 3.05) is 0 Å². The lowest BCUT2D eigenvalue weighted by molar-refractivity contribution is 0.412. The molecule has 0 atom stereocenters. The van der Waals surface area contributed by atoms with Crippen molar-refractivity contribution in [2.24, 2.45) is 5.10 Å². The minimum absolute atomic E-state index is 0.208. The topological polar surface area (TPSA) is 36.4 Å². The molecule has 1 aliphatic rings. The highest BCUT2D eigenvalue weighted by Crippen LogP contribution is 2.17. The molecule has 1 aliphatic carbocycles. The third-order valence-electron chi connectivity index (χ3n) is 3.27. The molecule has 1 aromatic rings. The van der Waals surface area contributed by atoms with Gasteiger partial charge in [0.2, 0.25) is 0 Å². The number of nitrogens with one attached hydrogen (secondary N) is 2. The summed E-state index contributed by atoms with van der Waals surface area (Å²) < 4.78 is 26.1. The molecule has 0 aliphatic heterocycles. The van der Waals surface area contributed by atoms with Gasteiger partial charge in [0.15, 0.2) is 5.11 Å². The van der Waals surface area contributed by atoms with E-state index in [0.717, 1.165) is 18.9 Å². The molecule has 2 N–H and O–H groups in total. The van der Waals surface area contributed by atoms with Crippen LogP contribution in [0.15, 0.2) is 23.3 Å². The van der Waals surface area contributed by atoms with Crippen molar-refractivity contribution in [3.8, 4) is 0 Å². The Kier molecular flexibility index (Phi) is 5.40. The van der Waals surface area contributed by atoms with Gasteiger partial charge in [-0.25, -0.2) is 8.78 Å². The predicted molar refractivity (Wildman–Crippen MR) is 79.7 cm³/mol. The Bertz CT molecular complexity index is 499. The number of nitrogens with zero attached hydrogens (tertiary/aromatic N) is 1. The van der Waals surface area contributed by atoms with E-state index in [9.17, 15) is 8.78 Å². The lowest BCUT2D eigenvalue weighted by Gasteiger charge is -2.23. The molecule has 20 heavy (non-hydrogen) atoms. The maximum atomic E-state index is 13.3. The normalized spacial score (nSPS) is 16.3. The second-order valence-electron chi connectivity index (χ2n) is 4.84. The third-order valence-corrected chi connectivity index (χ3v) is 3.48. The predicted octanol–water partition coefficient (Wildman–Crippen LogP) is 3.10. The van der Waals surface area contributed by atoms with E-state index in [1.807, 2.05) is 0 Å². The number of hydrazone groups is 1. The molecule has 108 valence electrons. The van der Waals surface area contributed by atoms with Crippen LogP contribution in [0.1, 0.15) is 37.7 Å². The van der Waals surface area contributed by atoms with Gasteiger partial charge in [-0.2, -0.15) is 5.10 Å². The third kappa shape index (κ3) is 4.52.